The van der Waals surface area contributed by atoms with Gasteiger partial charge in [-0.25, -0.2) is 17.5 Å². The van der Waals surface area contributed by atoms with Crippen molar-refractivity contribution in [3.63, 3.8) is 0 Å². The summed E-state index contributed by atoms with van der Waals surface area (Å²) in [7, 11) is -2.02. The number of sulfonamides is 1. The number of hydrogen-bond donors (Lipinski definition) is 1. The first-order valence-corrected chi connectivity index (χ1v) is 7.32. The van der Waals surface area contributed by atoms with E-state index in [4.69, 9.17) is 16.3 Å². The zero-order chi connectivity index (χ0) is 13.8. The van der Waals surface area contributed by atoms with E-state index in [1.807, 2.05) is 0 Å². The molecular formula is C11H15ClFNO3S. The van der Waals surface area contributed by atoms with Gasteiger partial charge in [-0.2, -0.15) is 0 Å². The minimum Gasteiger partial charge on any atom is -0.384 e. The Kier molecular flexibility index (Phi) is 5.52. The van der Waals surface area contributed by atoms with Gasteiger partial charge in [0, 0.05) is 18.2 Å². The van der Waals surface area contributed by atoms with Crippen LogP contribution in [0.15, 0.2) is 18.2 Å². The molecule has 102 valence electrons. The largest absolute Gasteiger partial charge is 0.384 e. The SMILES string of the molecule is COCCS(=O)(=O)N[C@@H](C)c1ccc(F)cc1Cl. The molecule has 7 heteroatoms. The monoisotopic (exact) mass is 295 g/mol. The highest BCUT2D eigenvalue weighted by Gasteiger charge is 2.17. The van der Waals surface area contributed by atoms with Crippen LogP contribution in [0, 0.1) is 5.82 Å². The molecule has 0 aliphatic heterocycles. The Bertz CT molecular complexity index is 507. The second-order valence-corrected chi connectivity index (χ2v) is 6.10. The molecule has 0 saturated carbocycles. The standard InChI is InChI=1S/C11H15ClFNO3S/c1-8(14-18(15,16)6-5-17-2)10-4-3-9(13)7-11(10)12/h3-4,7-8,14H,5-6H2,1-2H3/t8-/m0/s1. The molecule has 0 unspecified atom stereocenters. The third-order valence-corrected chi connectivity index (χ3v) is 4.09. The molecule has 1 N–H and O–H groups in total. The van der Waals surface area contributed by atoms with Crippen LogP contribution < -0.4 is 4.72 Å². The molecule has 0 aliphatic rings. The normalized spacial score (nSPS) is 13.6. The molecule has 0 fully saturated rings. The second kappa shape index (κ2) is 6.47. The van der Waals surface area contributed by atoms with E-state index in [9.17, 15) is 12.8 Å². The molecule has 1 rings (SSSR count). The van der Waals surface area contributed by atoms with E-state index in [1.54, 1.807) is 6.92 Å². The maximum Gasteiger partial charge on any atom is 0.214 e. The molecule has 0 aromatic heterocycles. The van der Waals surface area contributed by atoms with Gasteiger partial charge in [-0.15, -0.1) is 0 Å². The fourth-order valence-corrected chi connectivity index (χ4v) is 2.94. The summed E-state index contributed by atoms with van der Waals surface area (Å²) in [4.78, 5) is 0. The first kappa shape index (κ1) is 15.4. The van der Waals surface area contributed by atoms with E-state index in [0.29, 0.717) is 5.56 Å². The maximum atomic E-state index is 12.9. The van der Waals surface area contributed by atoms with Gasteiger partial charge in [-0.1, -0.05) is 17.7 Å². The van der Waals surface area contributed by atoms with Gasteiger partial charge in [0.05, 0.1) is 12.4 Å². The molecule has 4 nitrogen and oxygen atoms in total. The summed E-state index contributed by atoms with van der Waals surface area (Å²) < 4.78 is 43.3. The van der Waals surface area contributed by atoms with Crippen molar-refractivity contribution in [2.75, 3.05) is 19.5 Å². The van der Waals surface area contributed by atoms with Crippen molar-refractivity contribution >= 4 is 21.6 Å². The minimum absolute atomic E-state index is 0.110. The van der Waals surface area contributed by atoms with Gasteiger partial charge in [0.25, 0.3) is 0 Å². The van der Waals surface area contributed by atoms with Gasteiger partial charge in [0.1, 0.15) is 5.82 Å². The number of benzene rings is 1. The predicted octanol–water partition coefficient (Wildman–Crippen LogP) is 2.11. The Labute approximate surface area is 111 Å². The molecule has 18 heavy (non-hydrogen) atoms. The summed E-state index contributed by atoms with van der Waals surface area (Å²) >= 11 is 5.86. The van der Waals surface area contributed by atoms with E-state index >= 15 is 0 Å². The van der Waals surface area contributed by atoms with Crippen LogP contribution in [0.5, 0.6) is 0 Å². The first-order valence-electron chi connectivity index (χ1n) is 5.29. The van der Waals surface area contributed by atoms with E-state index in [2.05, 4.69) is 4.72 Å². The van der Waals surface area contributed by atoms with Crippen LogP contribution in [0.2, 0.25) is 5.02 Å². The topological polar surface area (TPSA) is 55.4 Å². The van der Waals surface area contributed by atoms with Crippen LogP contribution in [0.4, 0.5) is 4.39 Å². The molecule has 0 saturated heterocycles. The molecule has 0 spiro atoms. The Morgan fingerprint density at radius 2 is 2.17 bits per heavy atom. The maximum absolute atomic E-state index is 12.9. The smallest absolute Gasteiger partial charge is 0.214 e. The third kappa shape index (κ3) is 4.53. The van der Waals surface area contributed by atoms with Crippen LogP contribution in [-0.4, -0.2) is 27.9 Å². The fraction of sp³-hybridized carbons (Fsp3) is 0.455. The molecule has 1 atom stereocenters. The van der Waals surface area contributed by atoms with Gasteiger partial charge in [0.15, 0.2) is 0 Å². The zero-order valence-corrected chi connectivity index (χ0v) is 11.7. The van der Waals surface area contributed by atoms with Crippen molar-refractivity contribution in [3.05, 3.63) is 34.6 Å². The van der Waals surface area contributed by atoms with E-state index in [-0.39, 0.29) is 17.4 Å². The number of ether oxygens (including phenoxy) is 1. The van der Waals surface area contributed by atoms with Crippen LogP contribution >= 0.6 is 11.6 Å². The van der Waals surface area contributed by atoms with Crippen LogP contribution in [0.25, 0.3) is 0 Å². The summed E-state index contributed by atoms with van der Waals surface area (Å²) in [5.74, 6) is -0.592. The summed E-state index contributed by atoms with van der Waals surface area (Å²) in [6, 6.07) is 3.32. The van der Waals surface area contributed by atoms with Crippen molar-refractivity contribution in [1.29, 1.82) is 0 Å². The Morgan fingerprint density at radius 3 is 2.72 bits per heavy atom. The van der Waals surface area contributed by atoms with Crippen LogP contribution in [0.3, 0.4) is 0 Å². The van der Waals surface area contributed by atoms with Gasteiger partial charge >= 0.3 is 0 Å². The van der Waals surface area contributed by atoms with Crippen molar-refractivity contribution in [1.82, 2.24) is 4.72 Å². The zero-order valence-electron chi connectivity index (χ0n) is 10.1. The van der Waals surface area contributed by atoms with Crippen molar-refractivity contribution in [2.45, 2.75) is 13.0 Å². The molecule has 1 aromatic rings. The van der Waals surface area contributed by atoms with Gasteiger partial charge in [-0.3, -0.25) is 0 Å². The number of methoxy groups -OCH3 is 1. The molecule has 1 aromatic carbocycles. The van der Waals surface area contributed by atoms with Crippen molar-refractivity contribution in [3.8, 4) is 0 Å². The summed E-state index contributed by atoms with van der Waals surface area (Å²) in [6.45, 7) is 1.75. The highest BCUT2D eigenvalue weighted by molar-refractivity contribution is 7.89. The predicted molar refractivity (Wildman–Crippen MR) is 68.6 cm³/mol. The second-order valence-electron chi connectivity index (χ2n) is 3.82. The number of nitrogens with one attached hydrogen (secondary N) is 1. The van der Waals surface area contributed by atoms with Gasteiger partial charge < -0.3 is 4.74 Å². The summed E-state index contributed by atoms with van der Waals surface area (Å²) in [6.07, 6.45) is 0. The van der Waals surface area contributed by atoms with E-state index in [0.717, 1.165) is 6.07 Å². The average molecular weight is 296 g/mol. The average Bonchev–Trinajstić information content (AvgIpc) is 2.25. The van der Waals surface area contributed by atoms with Crippen LogP contribution in [-0.2, 0) is 14.8 Å². The first-order chi connectivity index (χ1) is 8.35. The Morgan fingerprint density at radius 1 is 1.50 bits per heavy atom. The summed E-state index contributed by atoms with van der Waals surface area (Å²) in [5.41, 5.74) is 0.527. The lowest BCUT2D eigenvalue weighted by atomic mass is 10.1. The van der Waals surface area contributed by atoms with Crippen LogP contribution in [0.1, 0.15) is 18.5 Å². The Hall–Kier alpha value is -0.690. The number of halogens is 2. The van der Waals surface area contributed by atoms with E-state index < -0.39 is 21.9 Å². The molecule has 0 heterocycles. The number of hydrogen-bond acceptors (Lipinski definition) is 3. The molecule has 0 aliphatic carbocycles. The molecular weight excluding hydrogens is 281 g/mol. The Balaban J connectivity index is 2.79. The quantitative estimate of drug-likeness (QED) is 0.874. The highest BCUT2D eigenvalue weighted by Crippen LogP contribution is 2.24. The van der Waals surface area contributed by atoms with Crippen molar-refractivity contribution < 1.29 is 17.5 Å². The highest BCUT2D eigenvalue weighted by atomic mass is 35.5. The minimum atomic E-state index is -3.45. The van der Waals surface area contributed by atoms with E-state index in [1.165, 1.54) is 19.2 Å². The van der Waals surface area contributed by atoms with Gasteiger partial charge in [0.2, 0.25) is 10.0 Å². The van der Waals surface area contributed by atoms with Crippen molar-refractivity contribution in [2.24, 2.45) is 0 Å². The lowest BCUT2D eigenvalue weighted by Gasteiger charge is -2.15. The third-order valence-electron chi connectivity index (χ3n) is 2.34. The molecule has 0 amide bonds. The lowest BCUT2D eigenvalue weighted by Crippen LogP contribution is -2.30. The molecule has 0 radical (unpaired) electrons. The number of rotatable bonds is 6. The lowest BCUT2D eigenvalue weighted by molar-refractivity contribution is 0.216. The molecule has 0 bridgehead atoms. The fourth-order valence-electron chi connectivity index (χ4n) is 1.44. The van der Waals surface area contributed by atoms with Gasteiger partial charge in [-0.05, 0) is 24.6 Å². The summed E-state index contributed by atoms with van der Waals surface area (Å²) in [5, 5.41) is 0.192.